The molecule has 0 radical (unpaired) electrons. The van der Waals surface area contributed by atoms with Crippen LogP contribution >= 0.6 is 0 Å². The van der Waals surface area contributed by atoms with Gasteiger partial charge in [0.05, 0.1) is 11.6 Å². The van der Waals surface area contributed by atoms with Crippen LogP contribution in [0.1, 0.15) is 22.8 Å². The molecule has 0 bridgehead atoms. The van der Waals surface area contributed by atoms with E-state index in [0.717, 1.165) is 0 Å². The number of hydrazine groups is 1. The third-order valence-corrected chi connectivity index (χ3v) is 3.03. The normalized spacial score (nSPS) is 11.0. The lowest BCUT2D eigenvalue weighted by Crippen LogP contribution is -2.48. The molecule has 0 fully saturated rings. The van der Waals surface area contributed by atoms with E-state index in [1.807, 2.05) is 6.07 Å². The van der Waals surface area contributed by atoms with E-state index >= 15 is 0 Å². The summed E-state index contributed by atoms with van der Waals surface area (Å²) in [5.41, 5.74) is 4.11. The molecule has 2 amide bonds. The Hall–Kier alpha value is -3.60. The molecule has 0 aliphatic rings. The number of hydrogen-bond donors (Lipinski definition) is 3. The van der Waals surface area contributed by atoms with Crippen LogP contribution in [0.4, 0.5) is 0 Å². The lowest BCUT2D eigenvalue weighted by molar-refractivity contribution is -0.128. The van der Waals surface area contributed by atoms with Gasteiger partial charge < -0.3 is 9.72 Å². The number of benzene rings is 1. The Morgan fingerprint density at radius 2 is 1.92 bits per heavy atom. The van der Waals surface area contributed by atoms with Gasteiger partial charge in [-0.3, -0.25) is 25.2 Å². The summed E-state index contributed by atoms with van der Waals surface area (Å²) in [5, 5.41) is 8.71. The number of aromatic nitrogens is 1. The Bertz CT molecular complexity index is 836. The molecular formula is C16H14N4O4. The first-order valence-electron chi connectivity index (χ1n) is 6.96. The van der Waals surface area contributed by atoms with Crippen molar-refractivity contribution >= 4 is 11.8 Å². The minimum atomic E-state index is -0.896. The number of carbonyl (C=O) groups is 2. The van der Waals surface area contributed by atoms with Gasteiger partial charge >= 0.3 is 0 Å². The minimum Gasteiger partial charge on any atom is -0.481 e. The van der Waals surface area contributed by atoms with Crippen molar-refractivity contribution in [3.63, 3.8) is 0 Å². The molecule has 8 nitrogen and oxygen atoms in total. The lowest BCUT2D eigenvalue weighted by atomic mass is 10.2. The van der Waals surface area contributed by atoms with Crippen LogP contribution in [0.15, 0.2) is 47.4 Å². The zero-order chi connectivity index (χ0) is 17.5. The predicted octanol–water partition coefficient (Wildman–Crippen LogP) is 0.475. The molecule has 2 aromatic rings. The molecule has 8 heteroatoms. The standard InChI is InChI=1S/C16H14N4O4/c1-10(24-12-6-4-11(9-17)5-7-12)14(21)19-20-16(23)13-3-2-8-18-15(13)22/h2-8,10H,1H3,(H,18,22)(H,19,21)(H,20,23). The Morgan fingerprint density at radius 1 is 1.21 bits per heavy atom. The molecule has 0 aliphatic carbocycles. The maximum atomic E-state index is 11.9. The minimum absolute atomic E-state index is 0.126. The van der Waals surface area contributed by atoms with Crippen LogP contribution in [-0.2, 0) is 4.79 Å². The number of pyridine rings is 1. The first kappa shape index (κ1) is 16.8. The SMILES string of the molecule is CC(Oc1ccc(C#N)cc1)C(=O)NNC(=O)c1ccc[nH]c1=O. The summed E-state index contributed by atoms with van der Waals surface area (Å²) < 4.78 is 5.40. The number of carbonyl (C=O) groups excluding carboxylic acids is 2. The second-order valence-electron chi connectivity index (χ2n) is 4.75. The molecule has 1 unspecified atom stereocenters. The summed E-state index contributed by atoms with van der Waals surface area (Å²) in [6.45, 7) is 1.50. The molecule has 1 aromatic carbocycles. The van der Waals surface area contributed by atoms with Gasteiger partial charge in [-0.05, 0) is 43.3 Å². The van der Waals surface area contributed by atoms with Gasteiger partial charge in [0, 0.05) is 6.20 Å². The van der Waals surface area contributed by atoms with E-state index in [9.17, 15) is 14.4 Å². The Labute approximate surface area is 137 Å². The Morgan fingerprint density at radius 3 is 2.54 bits per heavy atom. The van der Waals surface area contributed by atoms with Crippen LogP contribution in [0.3, 0.4) is 0 Å². The fourth-order valence-electron chi connectivity index (χ4n) is 1.75. The van der Waals surface area contributed by atoms with E-state index in [2.05, 4.69) is 15.8 Å². The van der Waals surface area contributed by atoms with Crippen LogP contribution in [0.5, 0.6) is 5.75 Å². The predicted molar refractivity (Wildman–Crippen MR) is 83.9 cm³/mol. The van der Waals surface area contributed by atoms with E-state index in [0.29, 0.717) is 11.3 Å². The van der Waals surface area contributed by atoms with Gasteiger partial charge in [0.25, 0.3) is 17.4 Å². The second kappa shape index (κ2) is 7.60. The van der Waals surface area contributed by atoms with Crippen LogP contribution in [0.2, 0.25) is 0 Å². The van der Waals surface area contributed by atoms with Gasteiger partial charge in [0.2, 0.25) is 0 Å². The van der Waals surface area contributed by atoms with Crippen molar-refractivity contribution in [2.75, 3.05) is 0 Å². The summed E-state index contributed by atoms with van der Waals surface area (Å²) >= 11 is 0. The molecule has 1 heterocycles. The number of amides is 2. The summed E-state index contributed by atoms with van der Waals surface area (Å²) in [6.07, 6.45) is 0.498. The molecular weight excluding hydrogens is 312 g/mol. The number of H-pyrrole nitrogens is 1. The van der Waals surface area contributed by atoms with Crippen LogP contribution < -0.4 is 21.1 Å². The fourth-order valence-corrected chi connectivity index (χ4v) is 1.75. The number of nitrogens with one attached hydrogen (secondary N) is 3. The van der Waals surface area contributed by atoms with E-state index < -0.39 is 23.5 Å². The molecule has 122 valence electrons. The number of nitriles is 1. The number of ether oxygens (including phenoxy) is 1. The molecule has 2 rings (SSSR count). The average Bonchev–Trinajstić information content (AvgIpc) is 2.60. The lowest BCUT2D eigenvalue weighted by Gasteiger charge is -2.15. The van der Waals surface area contributed by atoms with Crippen LogP contribution in [0.25, 0.3) is 0 Å². The summed E-state index contributed by atoms with van der Waals surface area (Å²) in [7, 11) is 0. The number of hydrogen-bond acceptors (Lipinski definition) is 5. The molecule has 24 heavy (non-hydrogen) atoms. The number of aromatic amines is 1. The van der Waals surface area contributed by atoms with Crippen LogP contribution in [0, 0.1) is 11.3 Å². The maximum absolute atomic E-state index is 11.9. The van der Waals surface area contributed by atoms with Crippen molar-refractivity contribution in [2.24, 2.45) is 0 Å². The van der Waals surface area contributed by atoms with Crippen molar-refractivity contribution in [2.45, 2.75) is 13.0 Å². The first-order chi connectivity index (χ1) is 11.5. The third kappa shape index (κ3) is 4.20. The van der Waals surface area contributed by atoms with Crippen molar-refractivity contribution < 1.29 is 14.3 Å². The van der Waals surface area contributed by atoms with Crippen molar-refractivity contribution in [1.29, 1.82) is 5.26 Å². The topological polar surface area (TPSA) is 124 Å². The van der Waals surface area contributed by atoms with Gasteiger partial charge in [0.1, 0.15) is 11.3 Å². The average molecular weight is 326 g/mol. The molecule has 3 N–H and O–H groups in total. The quantitative estimate of drug-likeness (QED) is 0.705. The monoisotopic (exact) mass is 326 g/mol. The molecule has 1 aromatic heterocycles. The van der Waals surface area contributed by atoms with Crippen LogP contribution in [-0.4, -0.2) is 22.9 Å². The fraction of sp³-hybridized carbons (Fsp3) is 0.125. The third-order valence-electron chi connectivity index (χ3n) is 3.03. The van der Waals surface area contributed by atoms with Gasteiger partial charge in [-0.25, -0.2) is 0 Å². The maximum Gasteiger partial charge on any atom is 0.279 e. The highest BCUT2D eigenvalue weighted by Gasteiger charge is 2.16. The summed E-state index contributed by atoms with van der Waals surface area (Å²) in [5.74, 6) is -0.932. The van der Waals surface area contributed by atoms with Gasteiger partial charge in [-0.2, -0.15) is 5.26 Å². The van der Waals surface area contributed by atoms with E-state index in [4.69, 9.17) is 10.00 Å². The first-order valence-corrected chi connectivity index (χ1v) is 6.96. The molecule has 0 saturated carbocycles. The van der Waals surface area contributed by atoms with Gasteiger partial charge in [0.15, 0.2) is 6.10 Å². The van der Waals surface area contributed by atoms with E-state index in [1.54, 1.807) is 24.3 Å². The zero-order valence-corrected chi connectivity index (χ0v) is 12.7. The highest BCUT2D eigenvalue weighted by atomic mass is 16.5. The summed E-state index contributed by atoms with van der Waals surface area (Å²) in [4.78, 5) is 37.5. The largest absolute Gasteiger partial charge is 0.481 e. The number of nitrogens with zero attached hydrogens (tertiary/aromatic N) is 1. The van der Waals surface area contributed by atoms with Crippen molar-refractivity contribution in [1.82, 2.24) is 15.8 Å². The highest BCUT2D eigenvalue weighted by Crippen LogP contribution is 2.13. The van der Waals surface area contributed by atoms with E-state index in [-0.39, 0.29) is 5.56 Å². The molecule has 1 atom stereocenters. The molecule has 0 spiro atoms. The van der Waals surface area contributed by atoms with Gasteiger partial charge in [-0.1, -0.05) is 0 Å². The van der Waals surface area contributed by atoms with Crippen molar-refractivity contribution in [3.8, 4) is 11.8 Å². The van der Waals surface area contributed by atoms with Gasteiger partial charge in [-0.15, -0.1) is 0 Å². The summed E-state index contributed by atoms with van der Waals surface area (Å²) in [6, 6.07) is 11.0. The van der Waals surface area contributed by atoms with E-state index in [1.165, 1.54) is 25.3 Å². The number of rotatable bonds is 4. The molecule has 0 saturated heterocycles. The highest BCUT2D eigenvalue weighted by molar-refractivity contribution is 5.95. The molecule has 0 aliphatic heterocycles. The smallest absolute Gasteiger partial charge is 0.279 e. The Balaban J connectivity index is 1.89. The Kier molecular flexibility index (Phi) is 5.31. The zero-order valence-electron chi connectivity index (χ0n) is 12.7. The van der Waals surface area contributed by atoms with Crippen molar-refractivity contribution in [3.05, 3.63) is 64.1 Å². The second-order valence-corrected chi connectivity index (χ2v) is 4.75.